The van der Waals surface area contributed by atoms with E-state index in [-0.39, 0.29) is 5.60 Å². The number of nitrogens with one attached hydrogen (secondary N) is 1. The van der Waals surface area contributed by atoms with Gasteiger partial charge in [-0.1, -0.05) is 6.92 Å². The summed E-state index contributed by atoms with van der Waals surface area (Å²) < 4.78 is 5.64. The zero-order chi connectivity index (χ0) is 12.2. The number of ether oxygens (including phenoxy) is 1. The van der Waals surface area contributed by atoms with E-state index in [1.54, 1.807) is 0 Å². The molecule has 0 saturated carbocycles. The molecular weight excluding hydrogens is 200 g/mol. The molecule has 0 spiro atoms. The van der Waals surface area contributed by atoms with Crippen LogP contribution in [0.5, 0.6) is 0 Å². The molecule has 1 aliphatic rings. The third kappa shape index (κ3) is 3.44. The lowest BCUT2D eigenvalue weighted by molar-refractivity contribution is -0.0622. The zero-order valence-corrected chi connectivity index (χ0v) is 11.5. The fourth-order valence-electron chi connectivity index (χ4n) is 2.57. The first-order valence-corrected chi connectivity index (χ1v) is 6.55. The maximum Gasteiger partial charge on any atom is 0.0777 e. The van der Waals surface area contributed by atoms with E-state index in [2.05, 4.69) is 37.9 Å². The second-order valence-corrected chi connectivity index (χ2v) is 5.32. The summed E-state index contributed by atoms with van der Waals surface area (Å²) in [5.74, 6) is 0. The van der Waals surface area contributed by atoms with E-state index in [9.17, 15) is 0 Å². The Morgan fingerprint density at radius 3 is 2.69 bits per heavy atom. The van der Waals surface area contributed by atoms with Gasteiger partial charge in [0.2, 0.25) is 0 Å². The van der Waals surface area contributed by atoms with Crippen molar-refractivity contribution in [3.8, 4) is 0 Å². The topological polar surface area (TPSA) is 24.5 Å². The third-order valence-electron chi connectivity index (χ3n) is 4.01. The summed E-state index contributed by atoms with van der Waals surface area (Å²) in [7, 11) is 1.84. The molecule has 1 rings (SSSR count). The minimum Gasteiger partial charge on any atom is -0.377 e. The fourth-order valence-corrected chi connectivity index (χ4v) is 2.57. The quantitative estimate of drug-likeness (QED) is 0.777. The molecular formula is C13H28N2O. The summed E-state index contributed by atoms with van der Waals surface area (Å²) in [5, 5.41) is 3.51. The van der Waals surface area contributed by atoms with Gasteiger partial charge in [0, 0.05) is 25.7 Å². The zero-order valence-electron chi connectivity index (χ0n) is 11.5. The molecule has 1 heterocycles. The number of rotatable bonds is 5. The number of likely N-dealkylation sites (N-methyl/N-ethyl adjacent to an activating group) is 1. The Bertz CT molecular complexity index is 210. The van der Waals surface area contributed by atoms with Crippen LogP contribution in [0.3, 0.4) is 0 Å². The summed E-state index contributed by atoms with van der Waals surface area (Å²) in [5.41, 5.74) is 0.0540. The number of piperidine rings is 1. The smallest absolute Gasteiger partial charge is 0.0777 e. The van der Waals surface area contributed by atoms with Crippen LogP contribution in [0.4, 0.5) is 0 Å². The first kappa shape index (κ1) is 13.9. The molecule has 3 nitrogen and oxygen atoms in total. The van der Waals surface area contributed by atoms with Crippen molar-refractivity contribution >= 4 is 0 Å². The van der Waals surface area contributed by atoms with Gasteiger partial charge in [0.15, 0.2) is 0 Å². The predicted molar refractivity (Wildman–Crippen MR) is 68.8 cm³/mol. The monoisotopic (exact) mass is 228 g/mol. The molecule has 0 aromatic heterocycles. The van der Waals surface area contributed by atoms with Crippen molar-refractivity contribution in [3.05, 3.63) is 0 Å². The summed E-state index contributed by atoms with van der Waals surface area (Å²) >= 11 is 0. The predicted octanol–water partition coefficient (Wildman–Crippen LogP) is 1.87. The van der Waals surface area contributed by atoms with Crippen LogP contribution in [-0.4, -0.2) is 49.3 Å². The average Bonchev–Trinajstić information content (AvgIpc) is 2.28. The van der Waals surface area contributed by atoms with Gasteiger partial charge in [-0.3, -0.25) is 4.90 Å². The summed E-state index contributed by atoms with van der Waals surface area (Å²) in [6, 6.07) is 1.12. The van der Waals surface area contributed by atoms with E-state index < -0.39 is 0 Å². The SMILES string of the molecule is CCNC(C)C(C)N1CCCC(C)(OC)C1. The van der Waals surface area contributed by atoms with Crippen molar-refractivity contribution in [2.24, 2.45) is 0 Å². The molecule has 0 aromatic rings. The van der Waals surface area contributed by atoms with E-state index in [1.807, 2.05) is 7.11 Å². The highest BCUT2D eigenvalue weighted by Crippen LogP contribution is 2.25. The molecule has 1 saturated heterocycles. The van der Waals surface area contributed by atoms with Crippen LogP contribution in [0.1, 0.15) is 40.5 Å². The normalized spacial score (nSPS) is 31.3. The lowest BCUT2D eigenvalue weighted by Gasteiger charge is -2.43. The molecule has 96 valence electrons. The van der Waals surface area contributed by atoms with Crippen molar-refractivity contribution in [2.45, 2.75) is 58.2 Å². The number of nitrogens with zero attached hydrogens (tertiary/aromatic N) is 1. The number of hydrogen-bond donors (Lipinski definition) is 1. The number of methoxy groups -OCH3 is 1. The largest absolute Gasteiger partial charge is 0.377 e. The first-order valence-electron chi connectivity index (χ1n) is 6.55. The molecule has 1 fully saturated rings. The van der Waals surface area contributed by atoms with Crippen molar-refractivity contribution in [3.63, 3.8) is 0 Å². The van der Waals surface area contributed by atoms with Gasteiger partial charge < -0.3 is 10.1 Å². The maximum atomic E-state index is 5.64. The van der Waals surface area contributed by atoms with Crippen molar-refractivity contribution in [2.75, 3.05) is 26.7 Å². The van der Waals surface area contributed by atoms with Gasteiger partial charge in [-0.05, 0) is 46.7 Å². The molecule has 0 aromatic carbocycles. The Hall–Kier alpha value is -0.120. The van der Waals surface area contributed by atoms with Crippen LogP contribution in [0.25, 0.3) is 0 Å². The Kier molecular flexibility index (Phi) is 5.22. The Balaban J connectivity index is 2.52. The van der Waals surface area contributed by atoms with Crippen LogP contribution < -0.4 is 5.32 Å². The van der Waals surface area contributed by atoms with E-state index in [4.69, 9.17) is 4.74 Å². The molecule has 3 heteroatoms. The maximum absolute atomic E-state index is 5.64. The standard InChI is InChI=1S/C13H28N2O/c1-6-14-11(2)12(3)15-9-7-8-13(4,10-15)16-5/h11-12,14H,6-10H2,1-5H3. The molecule has 1 aliphatic heterocycles. The molecule has 0 bridgehead atoms. The van der Waals surface area contributed by atoms with E-state index in [0.29, 0.717) is 12.1 Å². The van der Waals surface area contributed by atoms with Gasteiger partial charge in [-0.2, -0.15) is 0 Å². The average molecular weight is 228 g/mol. The van der Waals surface area contributed by atoms with Crippen LogP contribution in [0, 0.1) is 0 Å². The Labute approximate surface area is 101 Å². The minimum absolute atomic E-state index is 0.0540. The molecule has 3 unspecified atom stereocenters. The van der Waals surface area contributed by atoms with Gasteiger partial charge in [0.05, 0.1) is 5.60 Å². The lowest BCUT2D eigenvalue weighted by atomic mass is 9.93. The molecule has 3 atom stereocenters. The van der Waals surface area contributed by atoms with Gasteiger partial charge >= 0.3 is 0 Å². The van der Waals surface area contributed by atoms with E-state index in [1.165, 1.54) is 19.4 Å². The molecule has 0 aliphatic carbocycles. The second-order valence-electron chi connectivity index (χ2n) is 5.32. The lowest BCUT2D eigenvalue weighted by Crippen LogP contribution is -2.55. The summed E-state index contributed by atoms with van der Waals surface area (Å²) in [6.45, 7) is 12.3. The van der Waals surface area contributed by atoms with E-state index >= 15 is 0 Å². The molecule has 0 radical (unpaired) electrons. The van der Waals surface area contributed by atoms with Crippen LogP contribution in [0.2, 0.25) is 0 Å². The van der Waals surface area contributed by atoms with Gasteiger partial charge in [-0.15, -0.1) is 0 Å². The minimum atomic E-state index is 0.0540. The van der Waals surface area contributed by atoms with Crippen molar-refractivity contribution in [1.82, 2.24) is 10.2 Å². The van der Waals surface area contributed by atoms with Crippen LogP contribution >= 0.6 is 0 Å². The Morgan fingerprint density at radius 1 is 1.44 bits per heavy atom. The summed E-state index contributed by atoms with van der Waals surface area (Å²) in [4.78, 5) is 2.56. The molecule has 1 N–H and O–H groups in total. The first-order chi connectivity index (χ1) is 7.52. The van der Waals surface area contributed by atoms with Crippen molar-refractivity contribution in [1.29, 1.82) is 0 Å². The summed E-state index contributed by atoms with van der Waals surface area (Å²) in [6.07, 6.45) is 2.43. The fraction of sp³-hybridized carbons (Fsp3) is 1.00. The highest BCUT2D eigenvalue weighted by Gasteiger charge is 2.33. The third-order valence-corrected chi connectivity index (χ3v) is 4.01. The van der Waals surface area contributed by atoms with Gasteiger partial charge in [-0.25, -0.2) is 0 Å². The molecule has 0 amide bonds. The van der Waals surface area contributed by atoms with Crippen LogP contribution in [0.15, 0.2) is 0 Å². The highest BCUT2D eigenvalue weighted by atomic mass is 16.5. The van der Waals surface area contributed by atoms with Gasteiger partial charge in [0.1, 0.15) is 0 Å². The number of hydrogen-bond acceptors (Lipinski definition) is 3. The second kappa shape index (κ2) is 5.99. The van der Waals surface area contributed by atoms with Crippen molar-refractivity contribution < 1.29 is 4.74 Å². The highest BCUT2D eigenvalue weighted by molar-refractivity contribution is 4.89. The number of likely N-dealkylation sites (tertiary alicyclic amines) is 1. The Morgan fingerprint density at radius 2 is 2.12 bits per heavy atom. The van der Waals surface area contributed by atoms with Crippen LogP contribution in [-0.2, 0) is 4.74 Å². The van der Waals surface area contributed by atoms with Gasteiger partial charge in [0.25, 0.3) is 0 Å². The molecule has 16 heavy (non-hydrogen) atoms. The van der Waals surface area contributed by atoms with E-state index in [0.717, 1.165) is 13.1 Å².